The predicted octanol–water partition coefficient (Wildman–Crippen LogP) is 2.92. The number of aliphatic hydroxyl groups excluding tert-OH is 1. The fourth-order valence-electron chi connectivity index (χ4n) is 4.27. The van der Waals surface area contributed by atoms with Gasteiger partial charge in [0.25, 0.3) is 0 Å². The summed E-state index contributed by atoms with van der Waals surface area (Å²) in [5, 5.41) is 10.8. The van der Waals surface area contributed by atoms with E-state index in [1.165, 1.54) is 25.7 Å². The molecule has 1 aromatic carbocycles. The van der Waals surface area contributed by atoms with Gasteiger partial charge in [-0.05, 0) is 55.2 Å². The van der Waals surface area contributed by atoms with Crippen molar-refractivity contribution in [2.75, 3.05) is 13.2 Å². The summed E-state index contributed by atoms with van der Waals surface area (Å²) in [6, 6.07) is 8.07. The maximum absolute atomic E-state index is 10.8. The molecule has 0 bridgehead atoms. The maximum Gasteiger partial charge on any atom is 0.119 e. The standard InChI is InChI=1S/C18H27NO2/c1-2-21-13-9-7-12(8-10-13)16(11-19)18(20)17-14-5-3-4-6-15(14)17/h7-10,14-18,20H,2-6,11,19H2,1H3. The van der Waals surface area contributed by atoms with E-state index in [1.54, 1.807) is 0 Å². The fourth-order valence-corrected chi connectivity index (χ4v) is 4.27. The monoisotopic (exact) mass is 289 g/mol. The van der Waals surface area contributed by atoms with E-state index in [1.807, 2.05) is 19.1 Å². The topological polar surface area (TPSA) is 55.5 Å². The van der Waals surface area contributed by atoms with Crippen molar-refractivity contribution in [1.29, 1.82) is 0 Å². The van der Waals surface area contributed by atoms with E-state index in [9.17, 15) is 5.11 Å². The van der Waals surface area contributed by atoms with Gasteiger partial charge in [-0.3, -0.25) is 0 Å². The Balaban J connectivity index is 1.69. The lowest BCUT2D eigenvalue weighted by atomic mass is 9.89. The molecule has 3 N–H and O–H groups in total. The molecule has 3 heteroatoms. The quantitative estimate of drug-likeness (QED) is 0.846. The Morgan fingerprint density at radius 3 is 2.33 bits per heavy atom. The average Bonchev–Trinajstić information content (AvgIpc) is 3.24. The number of ether oxygens (including phenoxy) is 1. The Bertz CT molecular complexity index is 447. The Hall–Kier alpha value is -1.06. The predicted molar refractivity (Wildman–Crippen MR) is 84.4 cm³/mol. The van der Waals surface area contributed by atoms with Crippen molar-refractivity contribution in [1.82, 2.24) is 0 Å². The van der Waals surface area contributed by atoms with E-state index in [2.05, 4.69) is 12.1 Å². The molecule has 0 radical (unpaired) electrons. The minimum Gasteiger partial charge on any atom is -0.494 e. The summed E-state index contributed by atoms with van der Waals surface area (Å²) in [4.78, 5) is 0. The molecule has 1 aromatic rings. The highest BCUT2D eigenvalue weighted by atomic mass is 16.5. The van der Waals surface area contributed by atoms with E-state index < -0.39 is 0 Å². The van der Waals surface area contributed by atoms with Crippen LogP contribution in [0, 0.1) is 17.8 Å². The lowest BCUT2D eigenvalue weighted by molar-refractivity contribution is 0.112. The highest BCUT2D eigenvalue weighted by Gasteiger charge is 2.55. The van der Waals surface area contributed by atoms with Crippen LogP contribution in [0.15, 0.2) is 24.3 Å². The van der Waals surface area contributed by atoms with Crippen molar-refractivity contribution >= 4 is 0 Å². The molecule has 0 aliphatic heterocycles. The van der Waals surface area contributed by atoms with E-state index in [0.717, 1.165) is 23.1 Å². The van der Waals surface area contributed by atoms with Crippen LogP contribution in [0.2, 0.25) is 0 Å². The van der Waals surface area contributed by atoms with E-state index in [-0.39, 0.29) is 12.0 Å². The average molecular weight is 289 g/mol. The van der Waals surface area contributed by atoms with Gasteiger partial charge in [-0.2, -0.15) is 0 Å². The fraction of sp³-hybridized carbons (Fsp3) is 0.667. The van der Waals surface area contributed by atoms with E-state index in [4.69, 9.17) is 10.5 Å². The van der Waals surface area contributed by atoms with Crippen LogP contribution in [0.4, 0.5) is 0 Å². The SMILES string of the molecule is CCOc1ccc(C(CN)C(O)C2C3CCCCC32)cc1. The van der Waals surface area contributed by atoms with Gasteiger partial charge in [0.15, 0.2) is 0 Å². The van der Waals surface area contributed by atoms with Crippen molar-refractivity contribution < 1.29 is 9.84 Å². The van der Waals surface area contributed by atoms with Crippen LogP contribution in [-0.4, -0.2) is 24.4 Å². The summed E-state index contributed by atoms with van der Waals surface area (Å²) in [5.74, 6) is 2.92. The van der Waals surface area contributed by atoms with Crippen molar-refractivity contribution in [3.05, 3.63) is 29.8 Å². The van der Waals surface area contributed by atoms with Gasteiger partial charge in [0.05, 0.1) is 12.7 Å². The zero-order valence-electron chi connectivity index (χ0n) is 12.9. The summed E-state index contributed by atoms with van der Waals surface area (Å²) in [6.45, 7) is 3.16. The summed E-state index contributed by atoms with van der Waals surface area (Å²) in [7, 11) is 0. The van der Waals surface area contributed by atoms with Gasteiger partial charge < -0.3 is 15.6 Å². The molecule has 21 heavy (non-hydrogen) atoms. The lowest BCUT2D eigenvalue weighted by Gasteiger charge is -2.23. The second-order valence-electron chi connectivity index (χ2n) is 6.52. The molecule has 2 aliphatic rings. The molecule has 2 saturated carbocycles. The normalized spacial score (nSPS) is 30.3. The van der Waals surface area contributed by atoms with Gasteiger partial charge in [-0.15, -0.1) is 0 Å². The van der Waals surface area contributed by atoms with Gasteiger partial charge in [0.1, 0.15) is 5.75 Å². The largest absolute Gasteiger partial charge is 0.494 e. The van der Waals surface area contributed by atoms with Crippen LogP contribution >= 0.6 is 0 Å². The first-order chi connectivity index (χ1) is 10.3. The number of hydrogen-bond donors (Lipinski definition) is 2. The van der Waals surface area contributed by atoms with E-state index in [0.29, 0.717) is 19.1 Å². The molecular formula is C18H27NO2. The summed E-state index contributed by atoms with van der Waals surface area (Å²) in [5.41, 5.74) is 7.10. The van der Waals surface area contributed by atoms with Gasteiger partial charge >= 0.3 is 0 Å². The molecule has 0 aromatic heterocycles. The van der Waals surface area contributed by atoms with Crippen molar-refractivity contribution in [2.24, 2.45) is 23.5 Å². The second-order valence-corrected chi connectivity index (χ2v) is 6.52. The number of aliphatic hydroxyl groups is 1. The first kappa shape index (κ1) is 14.9. The zero-order valence-corrected chi connectivity index (χ0v) is 12.9. The van der Waals surface area contributed by atoms with Gasteiger partial charge in [0, 0.05) is 12.5 Å². The van der Waals surface area contributed by atoms with Crippen LogP contribution in [0.1, 0.15) is 44.1 Å². The molecule has 4 unspecified atom stereocenters. The Kier molecular flexibility index (Phi) is 4.51. The van der Waals surface area contributed by atoms with Gasteiger partial charge in [-0.25, -0.2) is 0 Å². The molecule has 2 fully saturated rings. The minimum atomic E-state index is -0.291. The van der Waals surface area contributed by atoms with Crippen molar-refractivity contribution in [2.45, 2.75) is 44.6 Å². The van der Waals surface area contributed by atoms with Crippen LogP contribution in [-0.2, 0) is 0 Å². The molecule has 0 saturated heterocycles. The Morgan fingerprint density at radius 2 is 1.81 bits per heavy atom. The second kappa shape index (κ2) is 6.37. The third-order valence-electron chi connectivity index (χ3n) is 5.40. The number of fused-ring (bicyclic) bond motifs is 1. The highest BCUT2D eigenvalue weighted by Crippen LogP contribution is 2.58. The van der Waals surface area contributed by atoms with Gasteiger partial charge in [0.2, 0.25) is 0 Å². The molecular weight excluding hydrogens is 262 g/mol. The summed E-state index contributed by atoms with van der Waals surface area (Å²) in [6.07, 6.45) is 4.97. The smallest absolute Gasteiger partial charge is 0.119 e. The molecule has 0 amide bonds. The molecule has 116 valence electrons. The summed E-state index contributed by atoms with van der Waals surface area (Å²) >= 11 is 0. The summed E-state index contributed by atoms with van der Waals surface area (Å²) < 4.78 is 5.48. The third kappa shape index (κ3) is 2.95. The molecule has 0 spiro atoms. The van der Waals surface area contributed by atoms with Crippen molar-refractivity contribution in [3.8, 4) is 5.75 Å². The Labute approximate surface area is 127 Å². The first-order valence-electron chi connectivity index (χ1n) is 8.37. The molecule has 2 aliphatic carbocycles. The number of rotatable bonds is 6. The lowest BCUT2D eigenvalue weighted by Crippen LogP contribution is -2.28. The Morgan fingerprint density at radius 1 is 1.19 bits per heavy atom. The number of benzene rings is 1. The van der Waals surface area contributed by atoms with Crippen molar-refractivity contribution in [3.63, 3.8) is 0 Å². The maximum atomic E-state index is 10.8. The molecule has 0 heterocycles. The van der Waals surface area contributed by atoms with E-state index >= 15 is 0 Å². The molecule has 3 rings (SSSR count). The third-order valence-corrected chi connectivity index (χ3v) is 5.40. The van der Waals surface area contributed by atoms with Gasteiger partial charge in [-0.1, -0.05) is 25.0 Å². The molecule has 4 atom stereocenters. The van der Waals surface area contributed by atoms with Crippen LogP contribution < -0.4 is 10.5 Å². The van der Waals surface area contributed by atoms with Crippen LogP contribution in [0.25, 0.3) is 0 Å². The minimum absolute atomic E-state index is 0.0521. The van der Waals surface area contributed by atoms with Crippen LogP contribution in [0.5, 0.6) is 5.75 Å². The zero-order chi connectivity index (χ0) is 14.8. The number of nitrogens with two attached hydrogens (primary N) is 1. The molecule has 3 nitrogen and oxygen atoms in total. The van der Waals surface area contributed by atoms with Crippen LogP contribution in [0.3, 0.4) is 0 Å². The highest BCUT2D eigenvalue weighted by molar-refractivity contribution is 5.31. The first-order valence-corrected chi connectivity index (χ1v) is 8.37. The number of hydrogen-bond acceptors (Lipinski definition) is 3.